The van der Waals surface area contributed by atoms with E-state index >= 15 is 0 Å². The third-order valence-electron chi connectivity index (χ3n) is 6.88. The molecule has 1 aromatic carbocycles. The Balaban J connectivity index is 0.00000158. The van der Waals surface area contributed by atoms with E-state index in [-0.39, 0.29) is 17.3 Å². The summed E-state index contributed by atoms with van der Waals surface area (Å²) in [6.45, 7) is 10.7. The average Bonchev–Trinajstić information content (AvgIpc) is 2.83. The molecule has 0 spiro atoms. The SMILES string of the molecule is CC.Cc1cc(F)ccc1/C(=N\O)C1CCN(CCc2c(C)nc3n(c2=O)CCCC3O)CC1. The van der Waals surface area contributed by atoms with Gasteiger partial charge >= 0.3 is 0 Å². The molecule has 0 bridgehead atoms. The van der Waals surface area contributed by atoms with E-state index in [2.05, 4.69) is 15.0 Å². The number of nitrogens with zero attached hydrogens (tertiary/aromatic N) is 4. The van der Waals surface area contributed by atoms with E-state index in [9.17, 15) is 19.5 Å². The zero-order valence-electron chi connectivity index (χ0n) is 20.7. The monoisotopic (exact) mass is 472 g/mol. The van der Waals surface area contributed by atoms with Crippen LogP contribution in [0.1, 0.15) is 73.8 Å². The molecule has 1 unspecified atom stereocenters. The fourth-order valence-electron chi connectivity index (χ4n) is 5.02. The molecule has 8 heteroatoms. The number of aromatic nitrogens is 2. The molecule has 4 rings (SSSR count). The van der Waals surface area contributed by atoms with E-state index in [0.717, 1.165) is 55.6 Å². The van der Waals surface area contributed by atoms with Crippen molar-refractivity contribution in [2.45, 2.75) is 72.4 Å². The van der Waals surface area contributed by atoms with E-state index < -0.39 is 6.10 Å². The van der Waals surface area contributed by atoms with Gasteiger partial charge in [-0.3, -0.25) is 9.36 Å². The van der Waals surface area contributed by atoms with E-state index in [1.807, 2.05) is 27.7 Å². The molecule has 0 aliphatic carbocycles. The Kier molecular flexibility index (Phi) is 8.97. The van der Waals surface area contributed by atoms with Crippen molar-refractivity contribution in [2.75, 3.05) is 19.6 Å². The largest absolute Gasteiger partial charge is 0.411 e. The van der Waals surface area contributed by atoms with Crippen LogP contribution in [0.4, 0.5) is 4.39 Å². The average molecular weight is 473 g/mol. The van der Waals surface area contributed by atoms with E-state index in [4.69, 9.17) is 0 Å². The molecule has 0 radical (unpaired) electrons. The Morgan fingerprint density at radius 1 is 1.18 bits per heavy atom. The number of rotatable bonds is 5. The van der Waals surface area contributed by atoms with Crippen LogP contribution >= 0.6 is 0 Å². The molecule has 0 amide bonds. The van der Waals surface area contributed by atoms with Gasteiger partial charge in [0.25, 0.3) is 5.56 Å². The summed E-state index contributed by atoms with van der Waals surface area (Å²) in [6.07, 6.45) is 3.07. The van der Waals surface area contributed by atoms with Crippen LogP contribution in [0.3, 0.4) is 0 Å². The van der Waals surface area contributed by atoms with Crippen LogP contribution in [0.15, 0.2) is 28.1 Å². The maximum absolute atomic E-state index is 13.5. The van der Waals surface area contributed by atoms with Crippen LogP contribution in [0.25, 0.3) is 0 Å². The Bertz CT molecular complexity index is 1070. The molecule has 1 aromatic heterocycles. The first-order valence-corrected chi connectivity index (χ1v) is 12.4. The minimum atomic E-state index is -0.657. The Morgan fingerprint density at radius 3 is 2.53 bits per heavy atom. The number of aliphatic hydroxyl groups is 1. The van der Waals surface area contributed by atoms with Gasteiger partial charge in [0.2, 0.25) is 0 Å². The summed E-state index contributed by atoms with van der Waals surface area (Å²) < 4.78 is 15.1. The van der Waals surface area contributed by atoms with E-state index in [1.165, 1.54) is 12.1 Å². The zero-order chi connectivity index (χ0) is 24.8. The molecular formula is C26H37FN4O3. The van der Waals surface area contributed by atoms with Crippen LogP contribution in [0.5, 0.6) is 0 Å². The lowest BCUT2D eigenvalue weighted by Crippen LogP contribution is -2.39. The quantitative estimate of drug-likeness (QED) is 0.390. The highest BCUT2D eigenvalue weighted by Gasteiger charge is 2.27. The van der Waals surface area contributed by atoms with Crippen LogP contribution in [-0.4, -0.2) is 50.1 Å². The highest BCUT2D eigenvalue weighted by Crippen LogP contribution is 2.25. The van der Waals surface area contributed by atoms with Crippen molar-refractivity contribution in [1.82, 2.24) is 14.5 Å². The summed E-state index contributed by atoms with van der Waals surface area (Å²) in [7, 11) is 0. The number of hydrogen-bond donors (Lipinski definition) is 2. The maximum atomic E-state index is 13.5. The van der Waals surface area contributed by atoms with Crippen LogP contribution in [0.2, 0.25) is 0 Å². The van der Waals surface area contributed by atoms with E-state index in [1.54, 1.807) is 10.6 Å². The van der Waals surface area contributed by atoms with Gasteiger partial charge in [-0.2, -0.15) is 0 Å². The standard InChI is InChI=1S/C24H31FN4O3.C2H6/c1-15-14-18(25)5-6-19(15)22(27-32)17-7-11-28(12-8-17)13-9-20-16(2)26-23-21(30)4-3-10-29(23)24(20)31;1-2/h5-6,14,17,21,30,32H,3-4,7-13H2,1-2H3;1-2H3/b27-22-;. The van der Waals surface area contributed by atoms with Crippen molar-refractivity contribution >= 4 is 5.71 Å². The summed E-state index contributed by atoms with van der Waals surface area (Å²) in [6, 6.07) is 4.54. The molecule has 3 heterocycles. The molecule has 34 heavy (non-hydrogen) atoms. The molecule has 186 valence electrons. The number of likely N-dealkylation sites (tertiary alicyclic amines) is 1. The van der Waals surface area contributed by atoms with Crippen molar-refractivity contribution in [1.29, 1.82) is 0 Å². The van der Waals surface area contributed by atoms with Crippen molar-refractivity contribution in [3.8, 4) is 0 Å². The highest BCUT2D eigenvalue weighted by molar-refractivity contribution is 6.03. The van der Waals surface area contributed by atoms with Gasteiger partial charge in [0.15, 0.2) is 0 Å². The smallest absolute Gasteiger partial charge is 0.257 e. The number of oxime groups is 1. The molecule has 1 atom stereocenters. The van der Waals surface area contributed by atoms with Crippen LogP contribution in [0, 0.1) is 25.6 Å². The molecule has 2 aromatic rings. The van der Waals surface area contributed by atoms with Gasteiger partial charge in [-0.1, -0.05) is 19.0 Å². The van der Waals surface area contributed by atoms with Crippen molar-refractivity contribution in [2.24, 2.45) is 11.1 Å². The van der Waals surface area contributed by atoms with Gasteiger partial charge in [0.1, 0.15) is 17.7 Å². The lowest BCUT2D eigenvalue weighted by molar-refractivity contribution is 0.129. The number of fused-ring (bicyclic) bond motifs is 1. The molecule has 2 N–H and O–H groups in total. The molecule has 1 saturated heterocycles. The molecule has 2 aliphatic heterocycles. The Morgan fingerprint density at radius 2 is 1.88 bits per heavy atom. The van der Waals surface area contributed by atoms with Crippen molar-refractivity contribution < 1.29 is 14.7 Å². The number of aliphatic hydroxyl groups excluding tert-OH is 1. The van der Waals surface area contributed by atoms with Crippen LogP contribution < -0.4 is 5.56 Å². The number of hydrogen-bond acceptors (Lipinski definition) is 6. The van der Waals surface area contributed by atoms with Gasteiger partial charge in [0.05, 0.1) is 5.71 Å². The zero-order valence-corrected chi connectivity index (χ0v) is 20.7. The normalized spacial score (nSPS) is 19.4. The molecule has 0 saturated carbocycles. The second-order valence-corrected chi connectivity index (χ2v) is 8.96. The van der Waals surface area contributed by atoms with Crippen LogP contribution in [-0.2, 0) is 13.0 Å². The summed E-state index contributed by atoms with van der Waals surface area (Å²) >= 11 is 0. The summed E-state index contributed by atoms with van der Waals surface area (Å²) in [5, 5.41) is 23.4. The second-order valence-electron chi connectivity index (χ2n) is 8.96. The van der Waals surface area contributed by atoms with Crippen molar-refractivity contribution in [3.05, 3.63) is 62.6 Å². The first-order chi connectivity index (χ1) is 16.4. The Hall–Kier alpha value is -2.58. The van der Waals surface area contributed by atoms with Gasteiger partial charge < -0.3 is 15.2 Å². The second kappa shape index (κ2) is 11.7. The predicted octanol–water partition coefficient (Wildman–Crippen LogP) is 3.99. The Labute approximate surface area is 200 Å². The lowest BCUT2D eigenvalue weighted by Gasteiger charge is -2.32. The van der Waals surface area contributed by atoms with Gasteiger partial charge in [-0.05, 0) is 82.8 Å². The maximum Gasteiger partial charge on any atom is 0.257 e. The number of benzene rings is 1. The van der Waals surface area contributed by atoms with E-state index in [0.29, 0.717) is 36.6 Å². The van der Waals surface area contributed by atoms with Crippen molar-refractivity contribution in [3.63, 3.8) is 0 Å². The molecule has 7 nitrogen and oxygen atoms in total. The lowest BCUT2D eigenvalue weighted by atomic mass is 9.86. The summed E-state index contributed by atoms with van der Waals surface area (Å²) in [5.74, 6) is 0.311. The minimum absolute atomic E-state index is 0.0254. The number of piperidine rings is 1. The van der Waals surface area contributed by atoms with Gasteiger partial charge in [-0.25, -0.2) is 9.37 Å². The third-order valence-corrected chi connectivity index (χ3v) is 6.88. The molecular weight excluding hydrogens is 435 g/mol. The van der Waals surface area contributed by atoms with Gasteiger partial charge in [-0.15, -0.1) is 0 Å². The minimum Gasteiger partial charge on any atom is -0.411 e. The fourth-order valence-corrected chi connectivity index (χ4v) is 5.02. The summed E-state index contributed by atoms with van der Waals surface area (Å²) in [5.41, 5.74) is 3.58. The highest BCUT2D eigenvalue weighted by atomic mass is 19.1. The topological polar surface area (TPSA) is 91.0 Å². The van der Waals surface area contributed by atoms with Gasteiger partial charge in [0, 0.05) is 35.8 Å². The number of aryl methyl sites for hydroxylation is 2. The fraction of sp³-hybridized carbons (Fsp3) is 0.577. The molecule has 2 aliphatic rings. The number of halogens is 1. The first kappa shape index (κ1) is 26.0. The molecule has 1 fully saturated rings. The first-order valence-electron chi connectivity index (χ1n) is 12.4. The summed E-state index contributed by atoms with van der Waals surface area (Å²) in [4.78, 5) is 19.8. The third kappa shape index (κ3) is 5.55. The predicted molar refractivity (Wildman–Crippen MR) is 131 cm³/mol.